The Morgan fingerprint density at radius 3 is 2.68 bits per heavy atom. The number of hydrazone groups is 1. The molecule has 0 bridgehead atoms. The number of carbonyl (C=O) groups is 1. The summed E-state index contributed by atoms with van der Waals surface area (Å²) in [6.07, 6.45) is 1.17. The Morgan fingerprint density at radius 2 is 2.09 bits per heavy atom. The van der Waals surface area contributed by atoms with Crippen LogP contribution in [0.25, 0.3) is 0 Å². The topological polar surface area (TPSA) is 68.5 Å². The van der Waals surface area contributed by atoms with Gasteiger partial charge in [-0.05, 0) is 31.2 Å². The molecule has 0 fully saturated rings. The Labute approximate surface area is 125 Å². The summed E-state index contributed by atoms with van der Waals surface area (Å²) in [5, 5.41) is 7.52. The molecule has 116 valence electrons. The van der Waals surface area contributed by atoms with Gasteiger partial charge in [0, 0.05) is 7.05 Å². The Hall–Kier alpha value is -2.77. The van der Waals surface area contributed by atoms with Crippen LogP contribution < -0.4 is 10.2 Å². The Kier molecular flexibility index (Phi) is 4.82. The molecule has 0 atom stereocenters. The van der Waals surface area contributed by atoms with Crippen molar-refractivity contribution in [1.29, 1.82) is 0 Å². The molecule has 0 aliphatic carbocycles. The van der Waals surface area contributed by atoms with Crippen LogP contribution in [0.2, 0.25) is 0 Å². The Morgan fingerprint density at radius 1 is 1.41 bits per heavy atom. The summed E-state index contributed by atoms with van der Waals surface area (Å²) < 4.78 is 32.5. The number of rotatable bonds is 5. The molecule has 0 saturated heterocycles. The van der Waals surface area contributed by atoms with Gasteiger partial charge < -0.3 is 4.74 Å². The summed E-state index contributed by atoms with van der Waals surface area (Å²) in [7, 11) is 1.47. The molecule has 0 radical (unpaired) electrons. The van der Waals surface area contributed by atoms with E-state index in [1.54, 1.807) is 6.92 Å². The van der Waals surface area contributed by atoms with Crippen LogP contribution in [0.3, 0.4) is 0 Å². The van der Waals surface area contributed by atoms with E-state index in [1.165, 1.54) is 37.5 Å². The molecule has 1 amide bonds. The van der Waals surface area contributed by atoms with Crippen molar-refractivity contribution in [2.45, 2.75) is 6.92 Å². The molecule has 0 aliphatic rings. The van der Waals surface area contributed by atoms with Crippen LogP contribution in [-0.2, 0) is 11.8 Å². The number of amides is 1. The third-order valence-corrected chi connectivity index (χ3v) is 2.76. The second kappa shape index (κ2) is 6.79. The van der Waals surface area contributed by atoms with Crippen LogP contribution in [0.5, 0.6) is 5.75 Å². The highest BCUT2D eigenvalue weighted by Crippen LogP contribution is 2.10. The van der Waals surface area contributed by atoms with Crippen molar-refractivity contribution in [1.82, 2.24) is 15.2 Å². The average Bonchev–Trinajstić information content (AvgIpc) is 2.73. The van der Waals surface area contributed by atoms with Gasteiger partial charge in [-0.2, -0.15) is 14.6 Å². The minimum atomic E-state index is -0.543. The van der Waals surface area contributed by atoms with Gasteiger partial charge in [0.05, 0.1) is 17.5 Å². The number of nitrogens with one attached hydrogen (secondary N) is 1. The van der Waals surface area contributed by atoms with Crippen LogP contribution >= 0.6 is 0 Å². The van der Waals surface area contributed by atoms with E-state index in [2.05, 4.69) is 15.6 Å². The average molecular weight is 308 g/mol. The summed E-state index contributed by atoms with van der Waals surface area (Å²) in [6.45, 7) is 1.33. The zero-order valence-corrected chi connectivity index (χ0v) is 12.0. The molecular weight excluding hydrogens is 294 g/mol. The molecule has 22 heavy (non-hydrogen) atoms. The van der Waals surface area contributed by atoms with E-state index in [-0.39, 0.29) is 12.2 Å². The smallest absolute Gasteiger partial charge is 0.277 e. The fourth-order valence-corrected chi connectivity index (χ4v) is 1.67. The maximum atomic E-state index is 13.6. The summed E-state index contributed by atoms with van der Waals surface area (Å²) >= 11 is 0. The summed E-state index contributed by atoms with van der Waals surface area (Å²) in [5.74, 6) is -1.11. The lowest BCUT2D eigenvalue weighted by molar-refractivity contribution is -0.123. The van der Waals surface area contributed by atoms with E-state index >= 15 is 0 Å². The molecule has 0 spiro atoms. The monoisotopic (exact) mass is 308 g/mol. The SMILES string of the molecule is Cc1nn(C)c(F)c1/C=N\NC(=O)COc1ccc(F)cc1. The van der Waals surface area contributed by atoms with Crippen LogP contribution in [0.15, 0.2) is 29.4 Å². The molecule has 0 unspecified atom stereocenters. The van der Waals surface area contributed by atoms with Crippen LogP contribution in [0, 0.1) is 18.7 Å². The van der Waals surface area contributed by atoms with Crippen molar-refractivity contribution in [2.24, 2.45) is 12.1 Å². The van der Waals surface area contributed by atoms with E-state index in [0.29, 0.717) is 11.4 Å². The van der Waals surface area contributed by atoms with Crippen molar-refractivity contribution in [3.8, 4) is 5.75 Å². The van der Waals surface area contributed by atoms with E-state index in [9.17, 15) is 13.6 Å². The normalized spacial score (nSPS) is 10.9. The lowest BCUT2D eigenvalue weighted by atomic mass is 10.3. The van der Waals surface area contributed by atoms with Crippen molar-refractivity contribution >= 4 is 12.1 Å². The first-order valence-corrected chi connectivity index (χ1v) is 6.36. The van der Waals surface area contributed by atoms with Gasteiger partial charge >= 0.3 is 0 Å². The molecule has 1 N–H and O–H groups in total. The Bertz CT molecular complexity index is 696. The minimum Gasteiger partial charge on any atom is -0.484 e. The first-order valence-electron chi connectivity index (χ1n) is 6.36. The molecule has 0 saturated carbocycles. The number of nitrogens with zero attached hydrogens (tertiary/aromatic N) is 3. The largest absolute Gasteiger partial charge is 0.484 e. The zero-order chi connectivity index (χ0) is 16.1. The number of hydrogen-bond donors (Lipinski definition) is 1. The molecule has 1 aromatic carbocycles. The van der Waals surface area contributed by atoms with Crippen molar-refractivity contribution < 1.29 is 18.3 Å². The molecule has 1 heterocycles. The number of aromatic nitrogens is 2. The van der Waals surface area contributed by atoms with Crippen LogP contribution in [0.4, 0.5) is 8.78 Å². The van der Waals surface area contributed by atoms with Gasteiger partial charge in [-0.15, -0.1) is 0 Å². The predicted octanol–water partition coefficient (Wildman–Crippen LogP) is 1.54. The summed E-state index contributed by atoms with van der Waals surface area (Å²) in [5.41, 5.74) is 2.86. The van der Waals surface area contributed by atoms with Gasteiger partial charge in [-0.3, -0.25) is 4.79 Å². The highest BCUT2D eigenvalue weighted by molar-refractivity contribution is 5.83. The lowest BCUT2D eigenvalue weighted by Gasteiger charge is -2.04. The maximum Gasteiger partial charge on any atom is 0.277 e. The van der Waals surface area contributed by atoms with Crippen molar-refractivity contribution in [3.63, 3.8) is 0 Å². The van der Waals surface area contributed by atoms with Gasteiger partial charge in [0.15, 0.2) is 6.61 Å². The predicted molar refractivity (Wildman–Crippen MR) is 75.5 cm³/mol. The van der Waals surface area contributed by atoms with Crippen molar-refractivity contribution in [2.75, 3.05) is 6.61 Å². The number of ether oxygens (including phenoxy) is 1. The van der Waals surface area contributed by atoms with E-state index in [4.69, 9.17) is 4.74 Å². The number of halogens is 2. The number of hydrogen-bond acceptors (Lipinski definition) is 4. The zero-order valence-electron chi connectivity index (χ0n) is 12.0. The highest BCUT2D eigenvalue weighted by atomic mass is 19.1. The first kappa shape index (κ1) is 15.6. The highest BCUT2D eigenvalue weighted by Gasteiger charge is 2.10. The Balaban J connectivity index is 1.85. The van der Waals surface area contributed by atoms with Gasteiger partial charge in [0.25, 0.3) is 5.91 Å². The van der Waals surface area contributed by atoms with Gasteiger partial charge in [0.1, 0.15) is 11.6 Å². The third-order valence-electron chi connectivity index (χ3n) is 2.76. The second-order valence-corrected chi connectivity index (χ2v) is 4.45. The standard InChI is InChI=1S/C14H14F2N4O2/c1-9-12(14(16)20(2)19-9)7-17-18-13(21)8-22-11-5-3-10(15)4-6-11/h3-7H,8H2,1-2H3,(H,18,21)/b17-7-. The van der Waals surface area contributed by atoms with E-state index in [1.807, 2.05) is 0 Å². The fraction of sp³-hybridized carbons (Fsp3) is 0.214. The summed E-state index contributed by atoms with van der Waals surface area (Å²) in [4.78, 5) is 11.5. The van der Waals surface area contributed by atoms with Gasteiger partial charge in [-0.25, -0.2) is 14.5 Å². The molecule has 8 heteroatoms. The molecule has 6 nitrogen and oxygen atoms in total. The third kappa shape index (κ3) is 3.87. The van der Waals surface area contributed by atoms with Crippen LogP contribution in [0.1, 0.15) is 11.3 Å². The number of carbonyl (C=O) groups excluding carboxylic acids is 1. The van der Waals surface area contributed by atoms with Crippen LogP contribution in [-0.4, -0.2) is 28.5 Å². The summed E-state index contributed by atoms with van der Waals surface area (Å²) in [6, 6.07) is 5.25. The van der Waals surface area contributed by atoms with Crippen molar-refractivity contribution in [3.05, 3.63) is 47.3 Å². The molecule has 2 aromatic rings. The van der Waals surface area contributed by atoms with Gasteiger partial charge in [-0.1, -0.05) is 0 Å². The first-order chi connectivity index (χ1) is 10.5. The number of aryl methyl sites for hydroxylation is 2. The minimum absolute atomic E-state index is 0.197. The number of benzene rings is 1. The van der Waals surface area contributed by atoms with Gasteiger partial charge in [0.2, 0.25) is 5.95 Å². The molecular formula is C14H14F2N4O2. The van der Waals surface area contributed by atoms with E-state index in [0.717, 1.165) is 4.68 Å². The fourth-order valence-electron chi connectivity index (χ4n) is 1.67. The van der Waals surface area contributed by atoms with E-state index < -0.39 is 17.7 Å². The molecule has 1 aromatic heterocycles. The molecule has 0 aliphatic heterocycles. The molecule has 2 rings (SSSR count). The second-order valence-electron chi connectivity index (χ2n) is 4.45. The maximum absolute atomic E-state index is 13.6. The lowest BCUT2D eigenvalue weighted by Crippen LogP contribution is -2.24. The quantitative estimate of drug-likeness (QED) is 0.673.